The van der Waals surface area contributed by atoms with E-state index in [9.17, 15) is 0 Å². The van der Waals surface area contributed by atoms with Crippen LogP contribution in [0, 0.1) is 0 Å². The predicted octanol–water partition coefficient (Wildman–Crippen LogP) is 2.48. The summed E-state index contributed by atoms with van der Waals surface area (Å²) >= 11 is 0. The lowest BCUT2D eigenvalue weighted by molar-refractivity contribution is 0.391. The van der Waals surface area contributed by atoms with Crippen LogP contribution in [0.15, 0.2) is 30.9 Å². The summed E-state index contributed by atoms with van der Waals surface area (Å²) in [5, 5.41) is 3.31. The van der Waals surface area contributed by atoms with E-state index in [4.69, 9.17) is 9.47 Å². The van der Waals surface area contributed by atoms with E-state index in [0.29, 0.717) is 12.4 Å². The van der Waals surface area contributed by atoms with Gasteiger partial charge in [0.05, 0.1) is 20.5 Å². The highest BCUT2D eigenvalue weighted by Crippen LogP contribution is 2.26. The van der Waals surface area contributed by atoms with Crippen molar-refractivity contribution in [2.45, 2.75) is 20.0 Å². The van der Waals surface area contributed by atoms with Crippen molar-refractivity contribution in [2.24, 2.45) is 0 Å². The number of aryl methyl sites for hydroxylation is 1. The van der Waals surface area contributed by atoms with Gasteiger partial charge in [-0.1, -0.05) is 0 Å². The molecule has 2 heterocycles. The zero-order valence-corrected chi connectivity index (χ0v) is 13.4. The van der Waals surface area contributed by atoms with Crippen LogP contribution in [-0.2, 0) is 13.1 Å². The van der Waals surface area contributed by atoms with Crippen molar-refractivity contribution in [1.29, 1.82) is 0 Å². The number of anilines is 1. The smallest absolute Gasteiger partial charge is 0.165 e. The zero-order valence-electron chi connectivity index (χ0n) is 13.4. The Morgan fingerprint density at radius 2 is 2.00 bits per heavy atom. The van der Waals surface area contributed by atoms with Gasteiger partial charge in [0.15, 0.2) is 11.5 Å². The van der Waals surface area contributed by atoms with E-state index in [1.807, 2.05) is 22.8 Å². The fourth-order valence-electron chi connectivity index (χ4n) is 2.42. The number of hydrogen-bond donors (Lipinski definition) is 1. The number of hydrogen-bond acceptors (Lipinski definition) is 6. The Hall–Kier alpha value is -2.83. The van der Waals surface area contributed by atoms with E-state index >= 15 is 0 Å². The molecule has 0 aliphatic carbocycles. The van der Waals surface area contributed by atoms with Gasteiger partial charge in [-0.15, -0.1) is 0 Å². The molecule has 0 spiro atoms. The summed E-state index contributed by atoms with van der Waals surface area (Å²) in [6, 6.07) is 5.73. The van der Waals surface area contributed by atoms with Gasteiger partial charge < -0.3 is 19.4 Å². The maximum Gasteiger partial charge on any atom is 0.165 e. The average molecular weight is 313 g/mol. The minimum Gasteiger partial charge on any atom is -0.497 e. The molecular weight excluding hydrogens is 294 g/mol. The summed E-state index contributed by atoms with van der Waals surface area (Å²) in [5.41, 5.74) is 2.60. The average Bonchev–Trinajstić information content (AvgIpc) is 3.03. The van der Waals surface area contributed by atoms with Gasteiger partial charge in [-0.2, -0.15) is 0 Å². The summed E-state index contributed by atoms with van der Waals surface area (Å²) in [7, 11) is 3.28. The predicted molar refractivity (Wildman–Crippen MR) is 87.9 cm³/mol. The number of imidazole rings is 1. The van der Waals surface area contributed by atoms with Gasteiger partial charge in [-0.3, -0.25) is 0 Å². The third kappa shape index (κ3) is 2.90. The van der Waals surface area contributed by atoms with Crippen molar-refractivity contribution in [3.63, 3.8) is 0 Å². The van der Waals surface area contributed by atoms with Gasteiger partial charge in [0.2, 0.25) is 0 Å². The first-order chi connectivity index (χ1) is 11.3. The Balaban J connectivity index is 1.85. The first-order valence-electron chi connectivity index (χ1n) is 7.37. The molecule has 0 radical (unpaired) electrons. The number of rotatable bonds is 6. The number of benzene rings is 1. The molecule has 0 saturated heterocycles. The van der Waals surface area contributed by atoms with E-state index < -0.39 is 0 Å². The highest BCUT2D eigenvalue weighted by molar-refractivity contribution is 5.82. The molecule has 0 unspecified atom stereocenters. The molecule has 23 heavy (non-hydrogen) atoms. The second-order valence-electron chi connectivity index (χ2n) is 4.96. The number of nitrogens with one attached hydrogen (secondary N) is 1. The molecule has 0 aliphatic heterocycles. The van der Waals surface area contributed by atoms with E-state index in [0.717, 1.165) is 34.8 Å². The van der Waals surface area contributed by atoms with Crippen LogP contribution in [-0.4, -0.2) is 33.7 Å². The van der Waals surface area contributed by atoms with Crippen LogP contribution in [0.4, 0.5) is 5.82 Å². The fourth-order valence-corrected chi connectivity index (χ4v) is 2.42. The monoisotopic (exact) mass is 313 g/mol. The minimum absolute atomic E-state index is 0.568. The van der Waals surface area contributed by atoms with Crippen LogP contribution in [0.5, 0.6) is 11.5 Å². The third-order valence-electron chi connectivity index (χ3n) is 3.68. The molecular formula is C16H19N5O2. The van der Waals surface area contributed by atoms with Crippen LogP contribution in [0.1, 0.15) is 12.5 Å². The summed E-state index contributed by atoms with van der Waals surface area (Å²) in [6.07, 6.45) is 3.32. The third-order valence-corrected chi connectivity index (χ3v) is 3.68. The van der Waals surface area contributed by atoms with Crippen molar-refractivity contribution in [3.05, 3.63) is 36.4 Å². The minimum atomic E-state index is 0.568. The van der Waals surface area contributed by atoms with E-state index in [1.54, 1.807) is 26.9 Å². The van der Waals surface area contributed by atoms with E-state index in [2.05, 4.69) is 27.2 Å². The number of ether oxygens (including phenoxy) is 2. The summed E-state index contributed by atoms with van der Waals surface area (Å²) in [4.78, 5) is 13.0. The Bertz CT molecular complexity index is 815. The molecule has 2 aromatic heterocycles. The van der Waals surface area contributed by atoms with Gasteiger partial charge in [-0.25, -0.2) is 15.0 Å². The Kier molecular flexibility index (Phi) is 4.27. The van der Waals surface area contributed by atoms with Crippen LogP contribution in [0.3, 0.4) is 0 Å². The van der Waals surface area contributed by atoms with Crippen molar-refractivity contribution in [2.75, 3.05) is 19.5 Å². The molecule has 0 fully saturated rings. The van der Waals surface area contributed by atoms with Gasteiger partial charge in [-0.05, 0) is 19.1 Å². The molecule has 0 bridgehead atoms. The maximum absolute atomic E-state index is 5.41. The molecule has 1 aromatic carbocycles. The van der Waals surface area contributed by atoms with Crippen molar-refractivity contribution in [3.8, 4) is 11.5 Å². The van der Waals surface area contributed by atoms with Gasteiger partial charge in [0, 0.05) is 24.7 Å². The fraction of sp³-hybridized carbons (Fsp3) is 0.312. The van der Waals surface area contributed by atoms with Gasteiger partial charge in [0.25, 0.3) is 0 Å². The topological polar surface area (TPSA) is 74.1 Å². The summed E-state index contributed by atoms with van der Waals surface area (Å²) in [6.45, 7) is 3.44. The van der Waals surface area contributed by atoms with Crippen molar-refractivity contribution >= 4 is 17.0 Å². The first kappa shape index (κ1) is 15.1. The first-order valence-corrected chi connectivity index (χ1v) is 7.37. The number of fused-ring (bicyclic) bond motifs is 1. The molecule has 3 aromatic rings. The largest absolute Gasteiger partial charge is 0.497 e. The quantitative estimate of drug-likeness (QED) is 0.753. The molecule has 0 saturated carbocycles. The number of aromatic nitrogens is 4. The molecule has 1 N–H and O–H groups in total. The lowest BCUT2D eigenvalue weighted by Crippen LogP contribution is -2.05. The Morgan fingerprint density at radius 3 is 2.74 bits per heavy atom. The lowest BCUT2D eigenvalue weighted by Gasteiger charge is -2.11. The Labute approximate surface area is 134 Å². The van der Waals surface area contributed by atoms with Crippen LogP contribution < -0.4 is 14.8 Å². The Morgan fingerprint density at radius 1 is 1.13 bits per heavy atom. The standard InChI is InChI=1S/C16H19N5O2/c1-4-21-10-20-14-15(18-9-19-16(14)21)17-8-11-5-6-12(22-2)7-13(11)23-3/h5-7,9-10H,4,8H2,1-3H3,(H,17,18,19). The van der Waals surface area contributed by atoms with Crippen molar-refractivity contribution in [1.82, 2.24) is 19.5 Å². The number of nitrogens with zero attached hydrogens (tertiary/aromatic N) is 4. The molecule has 0 aliphatic rings. The van der Waals surface area contributed by atoms with Crippen LogP contribution >= 0.6 is 0 Å². The lowest BCUT2D eigenvalue weighted by atomic mass is 10.2. The summed E-state index contributed by atoms with van der Waals surface area (Å²) in [5.74, 6) is 2.23. The molecule has 3 rings (SSSR count). The van der Waals surface area contributed by atoms with Crippen LogP contribution in [0.25, 0.3) is 11.2 Å². The molecule has 7 heteroatoms. The highest BCUT2D eigenvalue weighted by atomic mass is 16.5. The second-order valence-corrected chi connectivity index (χ2v) is 4.96. The SMILES string of the molecule is CCn1cnc2c(NCc3ccc(OC)cc3OC)ncnc21. The zero-order chi connectivity index (χ0) is 16.2. The molecule has 0 atom stereocenters. The maximum atomic E-state index is 5.41. The van der Waals surface area contributed by atoms with Crippen molar-refractivity contribution < 1.29 is 9.47 Å². The molecule has 0 amide bonds. The molecule has 120 valence electrons. The molecule has 7 nitrogen and oxygen atoms in total. The van der Waals surface area contributed by atoms with E-state index in [-0.39, 0.29) is 0 Å². The van der Waals surface area contributed by atoms with Gasteiger partial charge in [0.1, 0.15) is 23.3 Å². The van der Waals surface area contributed by atoms with Crippen LogP contribution in [0.2, 0.25) is 0 Å². The summed E-state index contributed by atoms with van der Waals surface area (Å²) < 4.78 is 12.6. The normalized spacial score (nSPS) is 10.7. The van der Waals surface area contributed by atoms with Gasteiger partial charge >= 0.3 is 0 Å². The number of methoxy groups -OCH3 is 2. The highest BCUT2D eigenvalue weighted by Gasteiger charge is 2.10. The second kappa shape index (κ2) is 6.51. The van der Waals surface area contributed by atoms with E-state index in [1.165, 1.54) is 0 Å².